The van der Waals surface area contributed by atoms with Crippen LogP contribution in [0.15, 0.2) is 109 Å². The molecule has 5 aromatic rings. The number of benzene rings is 5. The van der Waals surface area contributed by atoms with E-state index in [0.717, 1.165) is 38.8 Å². The Morgan fingerprint density at radius 1 is 0.393 bits per heavy atom. The van der Waals surface area contributed by atoms with E-state index in [0.29, 0.717) is 5.75 Å². The van der Waals surface area contributed by atoms with E-state index in [1.807, 2.05) is 72.8 Å². The summed E-state index contributed by atoms with van der Waals surface area (Å²) in [5.41, 5.74) is 0. The number of rotatable bonds is 4. The predicted octanol–water partition coefficient (Wildman–Crippen LogP) is 7.58. The molecule has 0 N–H and O–H groups in total. The molecule has 0 unspecified atom stereocenters. The van der Waals surface area contributed by atoms with Gasteiger partial charge in [0.25, 0.3) is 0 Å². The number of ether oxygens (including phenoxy) is 2. The van der Waals surface area contributed by atoms with Gasteiger partial charge in [0.2, 0.25) is 0 Å². The molecular formula is C26H18O2. The van der Waals surface area contributed by atoms with E-state index < -0.39 is 0 Å². The monoisotopic (exact) mass is 362 g/mol. The summed E-state index contributed by atoms with van der Waals surface area (Å²) in [4.78, 5) is 0. The van der Waals surface area contributed by atoms with E-state index in [-0.39, 0.29) is 0 Å². The average molecular weight is 362 g/mol. The summed E-state index contributed by atoms with van der Waals surface area (Å²) in [6.45, 7) is 0. The molecule has 0 bridgehead atoms. The molecule has 2 heteroatoms. The van der Waals surface area contributed by atoms with Crippen molar-refractivity contribution >= 4 is 21.5 Å². The molecule has 0 aliphatic rings. The van der Waals surface area contributed by atoms with Gasteiger partial charge in [-0.15, -0.1) is 0 Å². The van der Waals surface area contributed by atoms with Gasteiger partial charge in [0.1, 0.15) is 11.5 Å². The third-order valence-corrected chi connectivity index (χ3v) is 4.78. The first-order valence-corrected chi connectivity index (χ1v) is 9.29. The number of para-hydroxylation sites is 1. The average Bonchev–Trinajstić information content (AvgIpc) is 2.76. The Balaban J connectivity index is 1.67. The third-order valence-electron chi connectivity index (χ3n) is 4.78. The van der Waals surface area contributed by atoms with Gasteiger partial charge in [0.15, 0.2) is 11.5 Å². The second-order valence-corrected chi connectivity index (χ2v) is 6.61. The van der Waals surface area contributed by atoms with Crippen LogP contribution >= 0.6 is 0 Å². The minimum atomic E-state index is 0.692. The predicted molar refractivity (Wildman–Crippen MR) is 114 cm³/mol. The molecule has 0 radical (unpaired) electrons. The lowest BCUT2D eigenvalue weighted by Gasteiger charge is -2.16. The summed E-state index contributed by atoms with van der Waals surface area (Å²) in [5, 5.41) is 4.34. The Morgan fingerprint density at radius 3 is 1.86 bits per heavy atom. The zero-order chi connectivity index (χ0) is 18.8. The molecule has 0 atom stereocenters. The minimum absolute atomic E-state index is 0.692. The highest BCUT2D eigenvalue weighted by molar-refractivity contribution is 5.93. The Morgan fingerprint density at radius 2 is 1.04 bits per heavy atom. The summed E-state index contributed by atoms with van der Waals surface area (Å²) < 4.78 is 12.7. The van der Waals surface area contributed by atoms with Gasteiger partial charge in [0, 0.05) is 10.8 Å². The summed E-state index contributed by atoms with van der Waals surface area (Å²) in [7, 11) is 0. The second-order valence-electron chi connectivity index (χ2n) is 6.61. The first-order chi connectivity index (χ1) is 13.9. The minimum Gasteiger partial charge on any atom is -0.453 e. The maximum atomic E-state index is 6.48. The lowest BCUT2D eigenvalue weighted by Crippen LogP contribution is -1.92. The van der Waals surface area contributed by atoms with E-state index in [9.17, 15) is 0 Å². The Kier molecular flexibility index (Phi) is 4.15. The van der Waals surface area contributed by atoms with E-state index >= 15 is 0 Å². The van der Waals surface area contributed by atoms with Crippen LogP contribution in [0.2, 0.25) is 0 Å². The normalized spacial score (nSPS) is 10.9. The van der Waals surface area contributed by atoms with Gasteiger partial charge in [-0.25, -0.2) is 0 Å². The summed E-state index contributed by atoms with van der Waals surface area (Å²) in [6, 6.07) is 36.3. The van der Waals surface area contributed by atoms with Crippen LogP contribution < -0.4 is 9.47 Å². The lowest BCUT2D eigenvalue weighted by molar-refractivity contribution is 0.425. The van der Waals surface area contributed by atoms with E-state index in [4.69, 9.17) is 9.47 Å². The third kappa shape index (κ3) is 3.06. The fourth-order valence-corrected chi connectivity index (χ4v) is 3.42. The summed E-state index contributed by atoms with van der Waals surface area (Å²) >= 11 is 0. The Bertz CT molecular complexity index is 1250. The van der Waals surface area contributed by atoms with Crippen LogP contribution in [0.3, 0.4) is 0 Å². The standard InChI is InChI=1S/C26H18O2/c1-2-12-21(13-3-1)27-25-18-17-20-10-5-7-15-23(20)26(25)28-24-16-8-11-19-9-4-6-14-22(19)24/h1-18H. The van der Waals surface area contributed by atoms with E-state index in [1.54, 1.807) is 0 Å². The van der Waals surface area contributed by atoms with Crippen molar-refractivity contribution in [1.29, 1.82) is 0 Å². The van der Waals surface area contributed by atoms with Crippen molar-refractivity contribution in [3.63, 3.8) is 0 Å². The van der Waals surface area contributed by atoms with Crippen molar-refractivity contribution in [3.05, 3.63) is 109 Å². The van der Waals surface area contributed by atoms with Crippen molar-refractivity contribution < 1.29 is 9.47 Å². The van der Waals surface area contributed by atoms with Crippen LogP contribution in [0.25, 0.3) is 21.5 Å². The van der Waals surface area contributed by atoms with Gasteiger partial charge in [-0.05, 0) is 35.0 Å². The largest absolute Gasteiger partial charge is 0.453 e. The number of hydrogen-bond acceptors (Lipinski definition) is 2. The molecule has 5 aromatic carbocycles. The Labute approximate surface area is 163 Å². The van der Waals surface area contributed by atoms with E-state index in [1.165, 1.54) is 0 Å². The molecule has 28 heavy (non-hydrogen) atoms. The van der Waals surface area contributed by atoms with Gasteiger partial charge in [0.05, 0.1) is 0 Å². The molecule has 0 spiro atoms. The van der Waals surface area contributed by atoms with Crippen LogP contribution in [0, 0.1) is 0 Å². The smallest absolute Gasteiger partial charge is 0.177 e. The highest BCUT2D eigenvalue weighted by atomic mass is 16.5. The molecular weight excluding hydrogens is 344 g/mol. The molecule has 0 saturated heterocycles. The highest BCUT2D eigenvalue weighted by Crippen LogP contribution is 2.42. The topological polar surface area (TPSA) is 18.5 Å². The van der Waals surface area contributed by atoms with Gasteiger partial charge < -0.3 is 9.47 Å². The molecule has 0 aliphatic carbocycles. The Hall–Kier alpha value is -3.78. The van der Waals surface area contributed by atoms with Crippen molar-refractivity contribution in [2.75, 3.05) is 0 Å². The maximum Gasteiger partial charge on any atom is 0.177 e. The molecule has 0 fully saturated rings. The zero-order valence-electron chi connectivity index (χ0n) is 15.2. The van der Waals surface area contributed by atoms with Gasteiger partial charge in [-0.2, -0.15) is 0 Å². The van der Waals surface area contributed by atoms with Crippen LogP contribution in [-0.4, -0.2) is 0 Å². The van der Waals surface area contributed by atoms with Gasteiger partial charge in [-0.1, -0.05) is 84.9 Å². The first kappa shape index (κ1) is 16.4. The number of fused-ring (bicyclic) bond motifs is 2. The zero-order valence-corrected chi connectivity index (χ0v) is 15.2. The maximum absolute atomic E-state index is 6.48. The molecule has 0 amide bonds. The van der Waals surface area contributed by atoms with Crippen molar-refractivity contribution in [1.82, 2.24) is 0 Å². The van der Waals surface area contributed by atoms with Gasteiger partial charge >= 0.3 is 0 Å². The number of hydrogen-bond donors (Lipinski definition) is 0. The quantitative estimate of drug-likeness (QED) is 0.328. The summed E-state index contributed by atoms with van der Waals surface area (Å²) in [5.74, 6) is 3.00. The molecule has 5 rings (SSSR count). The highest BCUT2D eigenvalue weighted by Gasteiger charge is 2.14. The molecule has 0 saturated carbocycles. The van der Waals surface area contributed by atoms with Crippen molar-refractivity contribution in [3.8, 4) is 23.0 Å². The molecule has 0 aliphatic heterocycles. The van der Waals surface area contributed by atoms with Crippen molar-refractivity contribution in [2.45, 2.75) is 0 Å². The van der Waals surface area contributed by atoms with Crippen LogP contribution in [0.1, 0.15) is 0 Å². The fraction of sp³-hybridized carbons (Fsp3) is 0. The first-order valence-electron chi connectivity index (χ1n) is 9.29. The second kappa shape index (κ2) is 7.09. The molecule has 0 aromatic heterocycles. The SMILES string of the molecule is c1ccc(Oc2ccc3ccccc3c2Oc2cccc3ccccc23)cc1. The molecule has 0 heterocycles. The lowest BCUT2D eigenvalue weighted by atomic mass is 10.1. The van der Waals surface area contributed by atoms with Gasteiger partial charge in [-0.3, -0.25) is 0 Å². The van der Waals surface area contributed by atoms with E-state index in [2.05, 4.69) is 36.4 Å². The van der Waals surface area contributed by atoms with Crippen LogP contribution in [0.4, 0.5) is 0 Å². The van der Waals surface area contributed by atoms with Crippen LogP contribution in [0.5, 0.6) is 23.0 Å². The summed E-state index contributed by atoms with van der Waals surface area (Å²) in [6.07, 6.45) is 0. The van der Waals surface area contributed by atoms with Crippen molar-refractivity contribution in [2.24, 2.45) is 0 Å². The molecule has 134 valence electrons. The molecule has 2 nitrogen and oxygen atoms in total. The van der Waals surface area contributed by atoms with Crippen LogP contribution in [-0.2, 0) is 0 Å². The fourth-order valence-electron chi connectivity index (χ4n) is 3.42.